The first-order valence-corrected chi connectivity index (χ1v) is 10.2. The number of quaternary nitrogens is 1. The number of ether oxygens (including phenoxy) is 1. The van der Waals surface area contributed by atoms with Gasteiger partial charge in [0.25, 0.3) is 0 Å². The summed E-state index contributed by atoms with van der Waals surface area (Å²) in [4.78, 5) is 0. The van der Waals surface area contributed by atoms with Crippen LogP contribution in [-0.4, -0.2) is 42.7 Å². The van der Waals surface area contributed by atoms with Gasteiger partial charge in [-0.15, -0.1) is 0 Å². The zero-order chi connectivity index (χ0) is 18.1. The van der Waals surface area contributed by atoms with Gasteiger partial charge in [0.05, 0.1) is 33.8 Å². The van der Waals surface area contributed by atoms with Crippen LogP contribution in [0.25, 0.3) is 0 Å². The average molecular weight is 364 g/mol. The molecule has 0 aromatic heterocycles. The predicted octanol–water partition coefficient (Wildman–Crippen LogP) is 5.86. The summed E-state index contributed by atoms with van der Waals surface area (Å²) in [7, 11) is 6.86. The minimum atomic E-state index is 0.130. The van der Waals surface area contributed by atoms with Crippen molar-refractivity contribution in [3.05, 3.63) is 0 Å². The third-order valence-electron chi connectivity index (χ3n) is 3.51. The number of hydrogen-bond acceptors (Lipinski definition) is 3. The fraction of sp³-hybridized carbons (Fsp3) is 0.947. The quantitative estimate of drug-likeness (QED) is 0.186. The first kappa shape index (κ1) is 25.3. The van der Waals surface area contributed by atoms with E-state index in [-0.39, 0.29) is 10.5 Å². The molecule has 0 N–H and O–H groups in total. The topological polar surface area (TPSA) is 9.23 Å². The molecular weight excluding hydrogens is 322 g/mol. The van der Waals surface area contributed by atoms with Crippen molar-refractivity contribution in [1.82, 2.24) is 0 Å². The Morgan fingerprint density at radius 2 is 1.26 bits per heavy atom. The van der Waals surface area contributed by atoms with Gasteiger partial charge in [0.15, 0.2) is 0 Å². The Labute approximate surface area is 157 Å². The van der Waals surface area contributed by atoms with Crippen molar-refractivity contribution in [2.75, 3.05) is 27.7 Å². The van der Waals surface area contributed by atoms with Gasteiger partial charge in [0.1, 0.15) is 0 Å². The molecule has 0 amide bonds. The Morgan fingerprint density at radius 3 is 1.52 bits per heavy atom. The van der Waals surface area contributed by atoms with E-state index < -0.39 is 0 Å². The maximum absolute atomic E-state index is 4.80. The van der Waals surface area contributed by atoms with Crippen molar-refractivity contribution >= 4 is 29.2 Å². The fourth-order valence-electron chi connectivity index (χ4n) is 2.27. The minimum absolute atomic E-state index is 0.130. The number of thiocarbonyl (C=S) groups is 1. The Hall–Kier alpha value is 0.0700. The Bertz CT molecular complexity index is 263. The van der Waals surface area contributed by atoms with Gasteiger partial charge < -0.3 is 34.1 Å². The summed E-state index contributed by atoms with van der Waals surface area (Å²) in [5.41, 5.74) is 0. The second-order valence-electron chi connectivity index (χ2n) is 7.61. The molecule has 0 heterocycles. The molecule has 0 aliphatic carbocycles. The maximum Gasteiger partial charge on any atom is 0.0907 e. The van der Waals surface area contributed by atoms with Gasteiger partial charge >= 0.3 is 0 Å². The summed E-state index contributed by atoms with van der Waals surface area (Å²) in [6.07, 6.45) is 14.5. The van der Waals surface area contributed by atoms with E-state index in [1.807, 2.05) is 13.8 Å². The van der Waals surface area contributed by atoms with Crippen molar-refractivity contribution in [3.63, 3.8) is 0 Å². The molecule has 0 aliphatic rings. The van der Waals surface area contributed by atoms with Crippen LogP contribution in [0.15, 0.2) is 0 Å². The van der Waals surface area contributed by atoms with E-state index in [9.17, 15) is 0 Å². The zero-order valence-electron chi connectivity index (χ0n) is 16.5. The Balaban J connectivity index is 0. The highest BCUT2D eigenvalue weighted by Crippen LogP contribution is 2.10. The lowest BCUT2D eigenvalue weighted by Crippen LogP contribution is -2.35. The zero-order valence-corrected chi connectivity index (χ0v) is 18.2. The molecule has 140 valence electrons. The highest BCUT2D eigenvalue weighted by Gasteiger charge is 2.04. The molecule has 23 heavy (non-hydrogen) atoms. The summed E-state index contributed by atoms with van der Waals surface area (Å²) < 4.78 is 6.12. The first-order valence-electron chi connectivity index (χ1n) is 9.37. The molecule has 0 spiro atoms. The van der Waals surface area contributed by atoms with E-state index in [4.69, 9.17) is 4.74 Å². The van der Waals surface area contributed by atoms with E-state index >= 15 is 0 Å². The van der Waals surface area contributed by atoms with Crippen LogP contribution >= 0.6 is 12.2 Å². The van der Waals surface area contributed by atoms with Gasteiger partial charge in [-0.1, -0.05) is 58.3 Å². The van der Waals surface area contributed by atoms with Crippen LogP contribution in [0.5, 0.6) is 0 Å². The molecule has 0 aliphatic heterocycles. The number of unbranched alkanes of at least 4 members (excludes halogenated alkanes) is 9. The number of rotatable bonds is 12. The van der Waals surface area contributed by atoms with Crippen molar-refractivity contribution in [2.24, 2.45) is 0 Å². The molecule has 0 saturated heterocycles. The lowest BCUT2D eigenvalue weighted by atomic mass is 10.1. The molecule has 0 aromatic carbocycles. The Morgan fingerprint density at radius 1 is 0.870 bits per heavy atom. The summed E-state index contributed by atoms with van der Waals surface area (Å²) >= 11 is 8.93. The van der Waals surface area contributed by atoms with Gasteiger partial charge in [0.2, 0.25) is 0 Å². The van der Waals surface area contributed by atoms with Crippen LogP contribution in [0.2, 0.25) is 0 Å². The summed E-state index contributed by atoms with van der Waals surface area (Å²) in [6, 6.07) is 0. The van der Waals surface area contributed by atoms with E-state index in [1.165, 1.54) is 70.8 Å². The minimum Gasteiger partial charge on any atom is -0.511 e. The van der Waals surface area contributed by atoms with Gasteiger partial charge in [-0.3, -0.25) is 0 Å². The highest BCUT2D eigenvalue weighted by molar-refractivity contribution is 7.99. The molecule has 0 rings (SSSR count). The summed E-state index contributed by atoms with van der Waals surface area (Å²) in [6.45, 7) is 7.39. The van der Waals surface area contributed by atoms with Crippen LogP contribution in [0.1, 0.15) is 85.0 Å². The Kier molecular flexibility index (Phi) is 18.6. The van der Waals surface area contributed by atoms with E-state index in [2.05, 4.69) is 52.9 Å². The number of nitrogens with zero attached hydrogens (tertiary/aromatic N) is 1. The standard InChI is InChI=1S/C15H34N.C4H8OS2/c1-5-6-7-8-9-10-11-12-13-14-15-16(2,3)4;1-3(2)5-4(6)7/h5-15H2,1-4H3;3H,1-2H3,(H,6,7)/q+1;/p-1. The predicted molar refractivity (Wildman–Crippen MR) is 111 cm³/mol. The maximum atomic E-state index is 4.80. The van der Waals surface area contributed by atoms with E-state index in [1.54, 1.807) is 0 Å². The highest BCUT2D eigenvalue weighted by atomic mass is 32.1. The molecule has 0 saturated carbocycles. The lowest BCUT2D eigenvalue weighted by Gasteiger charge is -2.23. The molecule has 0 bridgehead atoms. The molecule has 4 heteroatoms. The van der Waals surface area contributed by atoms with Crippen molar-refractivity contribution in [3.8, 4) is 0 Å². The summed E-state index contributed by atoms with van der Waals surface area (Å²) in [5.74, 6) is 0. The second-order valence-corrected chi connectivity index (χ2v) is 8.61. The second kappa shape index (κ2) is 16.9. The SMILES string of the molecule is CC(C)OC(=S)[S-].CCCCCCCCCCCC[N+](C)(C)C. The van der Waals surface area contributed by atoms with Gasteiger partial charge in [-0.25, -0.2) is 0 Å². The van der Waals surface area contributed by atoms with Crippen LogP contribution in [0.4, 0.5) is 0 Å². The van der Waals surface area contributed by atoms with Crippen LogP contribution in [-0.2, 0) is 17.4 Å². The van der Waals surface area contributed by atoms with Crippen LogP contribution in [0.3, 0.4) is 0 Å². The monoisotopic (exact) mass is 363 g/mol. The van der Waals surface area contributed by atoms with Gasteiger partial charge in [-0.05, 0) is 26.7 Å². The average Bonchev–Trinajstić information content (AvgIpc) is 2.39. The normalized spacial score (nSPS) is 11.1. The van der Waals surface area contributed by atoms with Gasteiger partial charge in [-0.2, -0.15) is 0 Å². The van der Waals surface area contributed by atoms with E-state index in [0.717, 1.165) is 4.48 Å². The smallest absolute Gasteiger partial charge is 0.0907 e. The first-order chi connectivity index (χ1) is 10.7. The molecule has 0 aromatic rings. The lowest BCUT2D eigenvalue weighted by molar-refractivity contribution is -0.870. The molecule has 0 fully saturated rings. The molecule has 0 atom stereocenters. The third kappa shape index (κ3) is 30.5. The fourth-order valence-corrected chi connectivity index (χ4v) is 2.65. The van der Waals surface area contributed by atoms with Crippen LogP contribution < -0.4 is 0 Å². The molecule has 0 unspecified atom stereocenters. The van der Waals surface area contributed by atoms with E-state index in [0.29, 0.717) is 0 Å². The third-order valence-corrected chi connectivity index (χ3v) is 3.71. The van der Waals surface area contributed by atoms with Crippen LogP contribution in [0, 0.1) is 0 Å². The van der Waals surface area contributed by atoms with Crippen molar-refractivity contribution in [1.29, 1.82) is 0 Å². The van der Waals surface area contributed by atoms with Crippen molar-refractivity contribution in [2.45, 2.75) is 91.1 Å². The summed E-state index contributed by atoms with van der Waals surface area (Å²) in [5, 5.41) is 0. The van der Waals surface area contributed by atoms with Gasteiger partial charge in [0, 0.05) is 4.38 Å². The molecule has 2 nitrogen and oxygen atoms in total. The molecule has 0 radical (unpaired) electrons. The molecular formula is C19H41NOS2. The number of hydrogen-bond donors (Lipinski definition) is 0. The largest absolute Gasteiger partial charge is 0.511 e. The van der Waals surface area contributed by atoms with Crippen molar-refractivity contribution < 1.29 is 9.22 Å².